The third-order valence-electron chi connectivity index (χ3n) is 3.28. The third-order valence-corrected chi connectivity index (χ3v) is 4.96. The summed E-state index contributed by atoms with van der Waals surface area (Å²) in [6.45, 7) is 2.52. The van der Waals surface area contributed by atoms with Crippen LogP contribution in [0.5, 0.6) is 0 Å². The maximum atomic E-state index is 11.4. The molecule has 1 heterocycles. The topological polar surface area (TPSA) is 81.4 Å². The molecular formula is C10H22N2O3S. The molecule has 3 atom stereocenters. The quantitative estimate of drug-likeness (QED) is 0.520. The molecule has 3 unspecified atom stereocenters. The molecule has 5 nitrogen and oxygen atoms in total. The van der Waals surface area contributed by atoms with Gasteiger partial charge in [0.15, 0.2) is 9.84 Å². The Morgan fingerprint density at radius 1 is 1.56 bits per heavy atom. The second kappa shape index (κ2) is 5.95. The zero-order valence-electron chi connectivity index (χ0n) is 9.98. The van der Waals surface area contributed by atoms with E-state index >= 15 is 0 Å². The van der Waals surface area contributed by atoms with Gasteiger partial charge in [0, 0.05) is 18.9 Å². The fourth-order valence-corrected chi connectivity index (χ4v) is 2.80. The van der Waals surface area contributed by atoms with E-state index in [9.17, 15) is 8.42 Å². The summed E-state index contributed by atoms with van der Waals surface area (Å²) in [5.41, 5.74) is 2.60. The predicted molar refractivity (Wildman–Crippen MR) is 63.6 cm³/mol. The second-order valence-corrected chi connectivity index (χ2v) is 6.92. The average molecular weight is 250 g/mol. The average Bonchev–Trinajstić information content (AvgIpc) is 2.69. The lowest BCUT2D eigenvalue weighted by atomic mass is 10.0. The minimum Gasteiger partial charge on any atom is -0.378 e. The predicted octanol–water partition coefficient (Wildman–Crippen LogP) is 0.211. The van der Waals surface area contributed by atoms with Gasteiger partial charge in [-0.2, -0.15) is 0 Å². The number of hydrogen-bond donors (Lipinski definition) is 2. The van der Waals surface area contributed by atoms with Gasteiger partial charge >= 0.3 is 0 Å². The van der Waals surface area contributed by atoms with Crippen molar-refractivity contribution in [2.75, 3.05) is 12.9 Å². The van der Waals surface area contributed by atoms with Crippen molar-refractivity contribution in [3.8, 4) is 0 Å². The van der Waals surface area contributed by atoms with E-state index in [1.165, 1.54) is 6.26 Å². The Hall–Kier alpha value is -0.170. The van der Waals surface area contributed by atoms with Crippen molar-refractivity contribution in [2.24, 2.45) is 5.84 Å². The molecular weight excluding hydrogens is 228 g/mol. The van der Waals surface area contributed by atoms with Crippen LogP contribution in [0.15, 0.2) is 0 Å². The molecule has 0 aromatic carbocycles. The summed E-state index contributed by atoms with van der Waals surface area (Å²) in [6.07, 6.45) is 5.30. The van der Waals surface area contributed by atoms with Crippen LogP contribution in [0.2, 0.25) is 0 Å². The molecule has 0 bridgehead atoms. The Kier molecular flexibility index (Phi) is 5.17. The van der Waals surface area contributed by atoms with Gasteiger partial charge < -0.3 is 4.74 Å². The van der Waals surface area contributed by atoms with Gasteiger partial charge in [-0.1, -0.05) is 0 Å². The van der Waals surface area contributed by atoms with Gasteiger partial charge in [-0.25, -0.2) is 8.42 Å². The van der Waals surface area contributed by atoms with E-state index in [-0.39, 0.29) is 12.1 Å². The highest BCUT2D eigenvalue weighted by Gasteiger charge is 2.26. The molecule has 0 spiro atoms. The van der Waals surface area contributed by atoms with E-state index in [0.717, 1.165) is 32.3 Å². The molecule has 1 aliphatic rings. The lowest BCUT2D eigenvalue weighted by molar-refractivity contribution is 0.0995. The molecule has 1 fully saturated rings. The minimum absolute atomic E-state index is 0.195. The van der Waals surface area contributed by atoms with Crippen LogP contribution in [0.4, 0.5) is 0 Å². The maximum Gasteiger partial charge on any atom is 0.151 e. The summed E-state index contributed by atoms with van der Waals surface area (Å²) in [5, 5.41) is -0.459. The number of sulfone groups is 1. The molecule has 3 N–H and O–H groups in total. The largest absolute Gasteiger partial charge is 0.378 e. The first-order chi connectivity index (χ1) is 7.45. The van der Waals surface area contributed by atoms with Gasteiger partial charge in [-0.15, -0.1) is 0 Å². The lowest BCUT2D eigenvalue weighted by Crippen LogP contribution is -2.46. The number of nitrogens with one attached hydrogen (secondary N) is 1. The lowest BCUT2D eigenvalue weighted by Gasteiger charge is -2.22. The molecule has 0 aromatic rings. The molecule has 96 valence electrons. The van der Waals surface area contributed by atoms with Gasteiger partial charge in [0.1, 0.15) is 0 Å². The summed E-state index contributed by atoms with van der Waals surface area (Å²) in [7, 11) is -3.04. The van der Waals surface area contributed by atoms with Crippen molar-refractivity contribution >= 4 is 9.84 Å². The normalized spacial score (nSPS) is 25.6. The van der Waals surface area contributed by atoms with Gasteiger partial charge in [-0.05, 0) is 32.6 Å². The van der Waals surface area contributed by atoms with Crippen LogP contribution in [0.1, 0.15) is 32.6 Å². The Morgan fingerprint density at radius 3 is 2.69 bits per heavy atom. The molecule has 0 saturated carbocycles. The summed E-state index contributed by atoms with van der Waals surface area (Å²) < 4.78 is 28.3. The maximum absolute atomic E-state index is 11.4. The molecule has 16 heavy (non-hydrogen) atoms. The van der Waals surface area contributed by atoms with E-state index in [4.69, 9.17) is 10.6 Å². The highest BCUT2D eigenvalue weighted by molar-refractivity contribution is 7.91. The summed E-state index contributed by atoms with van der Waals surface area (Å²) >= 11 is 0. The number of rotatable bonds is 6. The Morgan fingerprint density at radius 2 is 2.25 bits per heavy atom. The zero-order valence-corrected chi connectivity index (χ0v) is 10.8. The third kappa shape index (κ3) is 4.01. The number of hydrazine groups is 1. The molecule has 0 amide bonds. The first-order valence-electron chi connectivity index (χ1n) is 5.71. The highest BCUT2D eigenvalue weighted by atomic mass is 32.2. The van der Waals surface area contributed by atoms with Crippen LogP contribution in [0.3, 0.4) is 0 Å². The van der Waals surface area contributed by atoms with Crippen molar-refractivity contribution in [3.63, 3.8) is 0 Å². The van der Waals surface area contributed by atoms with Crippen molar-refractivity contribution in [1.29, 1.82) is 0 Å². The summed E-state index contributed by atoms with van der Waals surface area (Å²) in [4.78, 5) is 0. The van der Waals surface area contributed by atoms with Crippen LogP contribution in [0, 0.1) is 0 Å². The van der Waals surface area contributed by atoms with E-state index in [0.29, 0.717) is 0 Å². The van der Waals surface area contributed by atoms with Crippen LogP contribution in [-0.4, -0.2) is 38.7 Å². The minimum atomic E-state index is -3.04. The van der Waals surface area contributed by atoms with E-state index in [1.807, 2.05) is 0 Å². The number of nitrogens with two attached hydrogens (primary N) is 1. The van der Waals surface area contributed by atoms with E-state index < -0.39 is 15.1 Å². The first kappa shape index (κ1) is 13.9. The van der Waals surface area contributed by atoms with Crippen LogP contribution in [-0.2, 0) is 14.6 Å². The zero-order chi connectivity index (χ0) is 12.2. The van der Waals surface area contributed by atoms with Gasteiger partial charge in [0.25, 0.3) is 0 Å². The molecule has 0 radical (unpaired) electrons. The standard InChI is InChI=1S/C10H22N2O3S/c1-8(16(2,13)14)10(12-11)6-5-9-4-3-7-15-9/h8-10,12H,3-7,11H2,1-2H3. The van der Waals surface area contributed by atoms with Crippen LogP contribution >= 0.6 is 0 Å². The molecule has 1 rings (SSSR count). The fourth-order valence-electron chi connectivity index (χ4n) is 1.99. The van der Waals surface area contributed by atoms with Crippen molar-refractivity contribution < 1.29 is 13.2 Å². The van der Waals surface area contributed by atoms with Gasteiger partial charge in [0.05, 0.1) is 11.4 Å². The molecule has 0 aromatic heterocycles. The summed E-state index contributed by atoms with van der Waals surface area (Å²) in [6, 6.07) is -0.195. The summed E-state index contributed by atoms with van der Waals surface area (Å²) in [5.74, 6) is 5.40. The van der Waals surface area contributed by atoms with Crippen LogP contribution < -0.4 is 11.3 Å². The number of hydrogen-bond acceptors (Lipinski definition) is 5. The first-order valence-corrected chi connectivity index (χ1v) is 7.67. The van der Waals surface area contributed by atoms with E-state index in [2.05, 4.69) is 5.43 Å². The Labute approximate surface area is 97.6 Å². The molecule has 0 aliphatic carbocycles. The molecule has 6 heteroatoms. The Balaban J connectivity index is 2.42. The number of ether oxygens (including phenoxy) is 1. The Bertz CT molecular complexity index is 299. The molecule has 1 aliphatic heterocycles. The smallest absolute Gasteiger partial charge is 0.151 e. The van der Waals surface area contributed by atoms with Gasteiger partial charge in [0.2, 0.25) is 0 Å². The van der Waals surface area contributed by atoms with E-state index in [1.54, 1.807) is 6.92 Å². The second-order valence-electron chi connectivity index (χ2n) is 4.52. The van der Waals surface area contributed by atoms with Crippen molar-refractivity contribution in [1.82, 2.24) is 5.43 Å². The van der Waals surface area contributed by atoms with Crippen molar-refractivity contribution in [3.05, 3.63) is 0 Å². The van der Waals surface area contributed by atoms with Crippen molar-refractivity contribution in [2.45, 2.75) is 50.0 Å². The fraction of sp³-hybridized carbons (Fsp3) is 1.00. The highest BCUT2D eigenvalue weighted by Crippen LogP contribution is 2.19. The molecule has 1 saturated heterocycles. The van der Waals surface area contributed by atoms with Crippen LogP contribution in [0.25, 0.3) is 0 Å². The SMILES string of the molecule is CC(C(CCC1CCCO1)NN)S(C)(=O)=O. The van der Waals surface area contributed by atoms with Gasteiger partial charge in [-0.3, -0.25) is 11.3 Å². The monoisotopic (exact) mass is 250 g/mol.